The fourth-order valence-electron chi connectivity index (χ4n) is 4.01. The van der Waals surface area contributed by atoms with E-state index in [0.717, 1.165) is 36.6 Å². The molecule has 1 fully saturated rings. The van der Waals surface area contributed by atoms with Crippen LogP contribution in [0.5, 0.6) is 0 Å². The molecular formula is C22H26ClF4N5O. The van der Waals surface area contributed by atoms with Crippen molar-refractivity contribution in [3.8, 4) is 0 Å². The molecule has 4 rings (SSSR count). The molecule has 1 amide bonds. The highest BCUT2D eigenvalue weighted by Gasteiger charge is 2.43. The standard InChI is InChI=1S/C15H13ClF3N3.C7H13FN2O/c16-15-21-11-6-2-4-9(11)14(22-15)20-7-8-3-1-5-10(12(8)17)13(18)19;1-7(6(9)11)4-10(5-7)3-2-8/h1,3,5,13H,2,4,6-7H2,(H,20,21,22);2-5H2,1H3,(H2,9,11). The Balaban J connectivity index is 0.000000235. The van der Waals surface area contributed by atoms with Crippen LogP contribution in [-0.2, 0) is 24.2 Å². The van der Waals surface area contributed by atoms with Gasteiger partial charge in [-0.25, -0.2) is 27.5 Å². The van der Waals surface area contributed by atoms with Gasteiger partial charge in [-0.1, -0.05) is 18.2 Å². The van der Waals surface area contributed by atoms with Gasteiger partial charge in [-0.05, 0) is 37.8 Å². The molecule has 1 aromatic carbocycles. The summed E-state index contributed by atoms with van der Waals surface area (Å²) >= 11 is 5.87. The molecule has 0 bridgehead atoms. The Morgan fingerprint density at radius 3 is 2.67 bits per heavy atom. The Kier molecular flexibility index (Phi) is 8.12. The van der Waals surface area contributed by atoms with Gasteiger partial charge in [-0.15, -0.1) is 0 Å². The number of benzene rings is 1. The number of rotatable bonds is 7. The van der Waals surface area contributed by atoms with Crippen molar-refractivity contribution in [2.75, 3.05) is 31.6 Å². The summed E-state index contributed by atoms with van der Waals surface area (Å²) in [7, 11) is 0. The van der Waals surface area contributed by atoms with E-state index in [4.69, 9.17) is 17.3 Å². The molecule has 6 nitrogen and oxygen atoms in total. The van der Waals surface area contributed by atoms with Crippen molar-refractivity contribution < 1.29 is 22.4 Å². The Hall–Kier alpha value is -2.46. The predicted octanol–water partition coefficient (Wildman–Crippen LogP) is 4.07. The van der Waals surface area contributed by atoms with Crippen LogP contribution in [-0.4, -0.2) is 47.1 Å². The zero-order chi connectivity index (χ0) is 24.2. The van der Waals surface area contributed by atoms with Crippen molar-refractivity contribution in [1.82, 2.24) is 14.9 Å². The smallest absolute Gasteiger partial charge is 0.266 e. The second kappa shape index (κ2) is 10.6. The minimum absolute atomic E-state index is 0.0617. The molecule has 2 aliphatic rings. The first-order chi connectivity index (χ1) is 15.6. The molecule has 0 unspecified atom stereocenters. The van der Waals surface area contributed by atoms with Crippen LogP contribution in [0, 0.1) is 11.2 Å². The normalized spacial score (nSPS) is 16.6. The molecule has 180 valence electrons. The molecule has 33 heavy (non-hydrogen) atoms. The lowest BCUT2D eigenvalue weighted by Gasteiger charge is -2.45. The predicted molar refractivity (Wildman–Crippen MR) is 117 cm³/mol. The lowest BCUT2D eigenvalue weighted by molar-refractivity contribution is -0.136. The molecule has 0 saturated carbocycles. The first-order valence-corrected chi connectivity index (χ1v) is 10.9. The average molecular weight is 488 g/mol. The van der Waals surface area contributed by atoms with Gasteiger partial charge in [0.2, 0.25) is 11.2 Å². The Labute approximate surface area is 194 Å². The van der Waals surface area contributed by atoms with Crippen molar-refractivity contribution in [3.05, 3.63) is 51.7 Å². The van der Waals surface area contributed by atoms with E-state index in [-0.39, 0.29) is 30.0 Å². The van der Waals surface area contributed by atoms with Crippen LogP contribution in [0.3, 0.4) is 0 Å². The van der Waals surface area contributed by atoms with E-state index < -0.39 is 23.2 Å². The van der Waals surface area contributed by atoms with E-state index in [1.165, 1.54) is 12.1 Å². The molecule has 2 aromatic rings. The highest BCUT2D eigenvalue weighted by molar-refractivity contribution is 6.28. The molecule has 1 aliphatic heterocycles. The molecule has 0 radical (unpaired) electrons. The number of nitrogens with zero attached hydrogens (tertiary/aromatic N) is 3. The number of hydrogen-bond donors (Lipinski definition) is 2. The van der Waals surface area contributed by atoms with Gasteiger partial charge in [0.15, 0.2) is 0 Å². The largest absolute Gasteiger partial charge is 0.369 e. The first kappa shape index (κ1) is 25.2. The highest BCUT2D eigenvalue weighted by Crippen LogP contribution is 2.29. The minimum Gasteiger partial charge on any atom is -0.369 e. The summed E-state index contributed by atoms with van der Waals surface area (Å²) in [6, 6.07) is 3.97. The van der Waals surface area contributed by atoms with Crippen molar-refractivity contribution in [2.24, 2.45) is 11.1 Å². The third-order valence-corrected chi connectivity index (χ3v) is 6.01. The highest BCUT2D eigenvalue weighted by atomic mass is 35.5. The van der Waals surface area contributed by atoms with Crippen LogP contribution in [0.2, 0.25) is 5.28 Å². The maximum Gasteiger partial charge on any atom is 0.266 e. The number of likely N-dealkylation sites (tertiary alicyclic amines) is 1. The number of halogens is 5. The van der Waals surface area contributed by atoms with Gasteiger partial charge >= 0.3 is 0 Å². The van der Waals surface area contributed by atoms with Crippen molar-refractivity contribution in [2.45, 2.75) is 39.2 Å². The number of alkyl halides is 3. The number of fused-ring (bicyclic) bond motifs is 1. The summed E-state index contributed by atoms with van der Waals surface area (Å²) < 4.78 is 51.2. The van der Waals surface area contributed by atoms with Crippen LogP contribution in [0.25, 0.3) is 0 Å². The number of anilines is 1. The second-order valence-corrected chi connectivity index (χ2v) is 8.76. The molecule has 0 spiro atoms. The third-order valence-electron chi connectivity index (χ3n) is 5.84. The number of amides is 1. The number of carbonyl (C=O) groups excluding carboxylic acids is 1. The maximum absolute atomic E-state index is 14.0. The first-order valence-electron chi connectivity index (χ1n) is 10.6. The Bertz CT molecular complexity index is 1000. The molecule has 2 heterocycles. The van der Waals surface area contributed by atoms with Crippen LogP contribution in [0.15, 0.2) is 18.2 Å². The van der Waals surface area contributed by atoms with E-state index in [0.29, 0.717) is 25.5 Å². The SMILES string of the molecule is CC1(C(N)=O)CN(CCF)C1.Fc1c(CNc2nc(Cl)nc3c2CCC3)cccc1C(F)F. The van der Waals surface area contributed by atoms with Gasteiger partial charge in [0.05, 0.1) is 16.7 Å². The van der Waals surface area contributed by atoms with E-state index in [2.05, 4.69) is 15.3 Å². The van der Waals surface area contributed by atoms with Gasteiger partial charge in [-0.3, -0.25) is 9.69 Å². The number of carbonyl (C=O) groups is 1. The molecule has 3 N–H and O–H groups in total. The number of primary amides is 1. The molecular weight excluding hydrogens is 462 g/mol. The third kappa shape index (κ3) is 5.92. The summed E-state index contributed by atoms with van der Waals surface area (Å²) in [5.74, 6) is -0.622. The number of aryl methyl sites for hydroxylation is 1. The fourth-order valence-corrected chi connectivity index (χ4v) is 4.19. The number of aromatic nitrogens is 2. The van der Waals surface area contributed by atoms with E-state index in [1.54, 1.807) is 0 Å². The molecule has 1 saturated heterocycles. The maximum atomic E-state index is 14.0. The topological polar surface area (TPSA) is 84.1 Å². The monoisotopic (exact) mass is 487 g/mol. The number of nitrogens with one attached hydrogen (secondary N) is 1. The summed E-state index contributed by atoms with van der Waals surface area (Å²) in [5.41, 5.74) is 6.16. The van der Waals surface area contributed by atoms with Crippen LogP contribution < -0.4 is 11.1 Å². The fraction of sp³-hybridized carbons (Fsp3) is 0.500. The van der Waals surface area contributed by atoms with Gasteiger partial charge in [0.1, 0.15) is 18.3 Å². The summed E-state index contributed by atoms with van der Waals surface area (Å²) in [5, 5.41) is 3.12. The lowest BCUT2D eigenvalue weighted by Crippen LogP contribution is -2.60. The Morgan fingerprint density at radius 1 is 1.30 bits per heavy atom. The quantitative estimate of drug-likeness (QED) is 0.454. The number of nitrogens with two attached hydrogens (primary N) is 1. The molecule has 0 atom stereocenters. The van der Waals surface area contributed by atoms with Crippen LogP contribution >= 0.6 is 11.6 Å². The van der Waals surface area contributed by atoms with E-state index >= 15 is 0 Å². The average Bonchev–Trinajstić information content (AvgIpc) is 3.20. The Morgan fingerprint density at radius 2 is 2.03 bits per heavy atom. The van der Waals surface area contributed by atoms with Crippen molar-refractivity contribution in [1.29, 1.82) is 0 Å². The second-order valence-electron chi connectivity index (χ2n) is 8.42. The van der Waals surface area contributed by atoms with Crippen LogP contribution in [0.4, 0.5) is 23.4 Å². The molecule has 1 aliphatic carbocycles. The minimum atomic E-state index is -2.84. The summed E-state index contributed by atoms with van der Waals surface area (Å²) in [6.45, 7) is 3.15. The van der Waals surface area contributed by atoms with Crippen molar-refractivity contribution in [3.63, 3.8) is 0 Å². The van der Waals surface area contributed by atoms with E-state index in [1.807, 2.05) is 11.8 Å². The molecule has 1 aromatic heterocycles. The van der Waals surface area contributed by atoms with Gasteiger partial charge < -0.3 is 11.1 Å². The summed E-state index contributed by atoms with van der Waals surface area (Å²) in [4.78, 5) is 20.9. The van der Waals surface area contributed by atoms with Crippen molar-refractivity contribution >= 4 is 23.3 Å². The van der Waals surface area contributed by atoms with Gasteiger partial charge in [-0.2, -0.15) is 0 Å². The van der Waals surface area contributed by atoms with Crippen LogP contribution in [0.1, 0.15) is 42.2 Å². The molecule has 11 heteroatoms. The van der Waals surface area contributed by atoms with Gasteiger partial charge in [0, 0.05) is 37.3 Å². The zero-order valence-electron chi connectivity index (χ0n) is 18.2. The zero-order valence-corrected chi connectivity index (χ0v) is 18.9. The number of hydrogen-bond acceptors (Lipinski definition) is 5. The summed E-state index contributed by atoms with van der Waals surface area (Å²) in [6.07, 6.45) is -0.206. The van der Waals surface area contributed by atoms with Gasteiger partial charge in [0.25, 0.3) is 6.43 Å². The van der Waals surface area contributed by atoms with E-state index in [9.17, 15) is 22.4 Å². The lowest BCUT2D eigenvalue weighted by atomic mass is 9.81.